The van der Waals surface area contributed by atoms with E-state index >= 15 is 0 Å². The van der Waals surface area contributed by atoms with Crippen LogP contribution in [-0.4, -0.2) is 49.0 Å². The van der Waals surface area contributed by atoms with Crippen LogP contribution >= 0.6 is 15.9 Å². The van der Waals surface area contributed by atoms with Gasteiger partial charge in [-0.05, 0) is 61.9 Å². The number of benzene rings is 2. The molecule has 1 N–H and O–H groups in total. The van der Waals surface area contributed by atoms with Gasteiger partial charge >= 0.3 is 11.9 Å². The van der Waals surface area contributed by atoms with E-state index in [4.69, 9.17) is 19.3 Å². The average molecular weight is 517 g/mol. The number of methoxy groups -OCH3 is 1. The van der Waals surface area contributed by atoms with E-state index in [2.05, 4.69) is 21.0 Å². The van der Waals surface area contributed by atoms with Gasteiger partial charge < -0.3 is 19.3 Å². The van der Waals surface area contributed by atoms with Gasteiger partial charge in [0.15, 0.2) is 18.1 Å². The highest BCUT2D eigenvalue weighted by Gasteiger charge is 2.29. The van der Waals surface area contributed by atoms with Crippen molar-refractivity contribution in [1.82, 2.24) is 0 Å². The molecule has 0 fully saturated rings. The van der Waals surface area contributed by atoms with Crippen molar-refractivity contribution < 1.29 is 33.7 Å². The molecule has 172 valence electrons. The highest BCUT2D eigenvalue weighted by atomic mass is 79.9. The molecule has 0 bridgehead atoms. The number of aromatic carboxylic acids is 1. The Hall–Kier alpha value is -3.66. The van der Waals surface area contributed by atoms with Crippen LogP contribution in [0.15, 0.2) is 51.5 Å². The predicted octanol–water partition coefficient (Wildman–Crippen LogP) is 3.90. The summed E-state index contributed by atoms with van der Waals surface area (Å²) < 4.78 is 16.3. The minimum atomic E-state index is -1.05. The monoisotopic (exact) mass is 516 g/mol. The summed E-state index contributed by atoms with van der Waals surface area (Å²) in [6.45, 7) is 3.40. The van der Waals surface area contributed by atoms with Gasteiger partial charge in [-0.2, -0.15) is 10.1 Å². The maximum Gasteiger partial charge on any atom is 0.344 e. The molecule has 10 heteroatoms. The first kappa shape index (κ1) is 24.0. The molecule has 0 aliphatic carbocycles. The Bertz CT molecular complexity index is 1160. The van der Waals surface area contributed by atoms with Crippen molar-refractivity contribution in [3.63, 3.8) is 0 Å². The van der Waals surface area contributed by atoms with Gasteiger partial charge in [-0.15, -0.1) is 0 Å². The third kappa shape index (κ3) is 5.40. The van der Waals surface area contributed by atoms with Gasteiger partial charge in [0, 0.05) is 4.47 Å². The molecule has 33 heavy (non-hydrogen) atoms. The number of carbonyl (C=O) groups is 3. The second-order valence-electron chi connectivity index (χ2n) is 6.83. The smallest absolute Gasteiger partial charge is 0.344 e. The van der Waals surface area contributed by atoms with Gasteiger partial charge in [-0.3, -0.25) is 4.79 Å². The van der Waals surface area contributed by atoms with Gasteiger partial charge in [0.25, 0.3) is 5.91 Å². The molecule has 0 saturated heterocycles. The van der Waals surface area contributed by atoms with Crippen molar-refractivity contribution in [3.8, 4) is 11.5 Å². The zero-order valence-electron chi connectivity index (χ0n) is 18.1. The second kappa shape index (κ2) is 10.3. The topological polar surface area (TPSA) is 115 Å². The molecule has 3 rings (SSSR count). The number of carbonyl (C=O) groups excluding carboxylic acids is 2. The van der Waals surface area contributed by atoms with Crippen LogP contribution in [0.25, 0.3) is 6.08 Å². The standard InChI is InChI=1S/C23H21BrN2O7/c1-4-32-21(27)12-33-20-11-18(24)15(10-19(20)31-3)9-17-13(2)25-26(22(17)28)16-7-5-14(6-8-16)23(29)30/h5-11H,4,12H2,1-3H3,(H,29,30). The van der Waals surface area contributed by atoms with E-state index in [0.717, 1.165) is 0 Å². The molecule has 2 aromatic carbocycles. The van der Waals surface area contributed by atoms with Gasteiger partial charge in [0.1, 0.15) is 0 Å². The van der Waals surface area contributed by atoms with Crippen LogP contribution in [0.5, 0.6) is 11.5 Å². The molecule has 0 radical (unpaired) electrons. The number of esters is 1. The first-order valence-electron chi connectivity index (χ1n) is 9.86. The van der Waals surface area contributed by atoms with E-state index in [9.17, 15) is 14.4 Å². The van der Waals surface area contributed by atoms with E-state index in [1.807, 2.05) is 0 Å². The molecule has 1 heterocycles. The largest absolute Gasteiger partial charge is 0.493 e. The first-order chi connectivity index (χ1) is 15.7. The Morgan fingerprint density at radius 1 is 1.18 bits per heavy atom. The molecule has 0 unspecified atom stereocenters. The molecule has 2 aromatic rings. The highest BCUT2D eigenvalue weighted by molar-refractivity contribution is 9.10. The number of hydrogen-bond donors (Lipinski definition) is 1. The van der Waals surface area contributed by atoms with Crippen LogP contribution in [0.1, 0.15) is 29.8 Å². The molecule has 1 aliphatic rings. The van der Waals surface area contributed by atoms with Crippen molar-refractivity contribution >= 4 is 51.3 Å². The fourth-order valence-corrected chi connectivity index (χ4v) is 3.47. The van der Waals surface area contributed by atoms with Crippen LogP contribution in [0.2, 0.25) is 0 Å². The maximum absolute atomic E-state index is 13.0. The molecular formula is C23H21BrN2O7. The number of ether oxygens (including phenoxy) is 3. The van der Waals surface area contributed by atoms with Gasteiger partial charge in [-0.25, -0.2) is 9.59 Å². The van der Waals surface area contributed by atoms with E-state index in [-0.39, 0.29) is 24.7 Å². The van der Waals surface area contributed by atoms with Gasteiger partial charge in [-0.1, -0.05) is 15.9 Å². The second-order valence-corrected chi connectivity index (χ2v) is 7.69. The lowest BCUT2D eigenvalue weighted by Crippen LogP contribution is -2.21. The number of hydrogen-bond acceptors (Lipinski definition) is 7. The number of hydrazone groups is 1. The Morgan fingerprint density at radius 3 is 2.48 bits per heavy atom. The summed E-state index contributed by atoms with van der Waals surface area (Å²) in [7, 11) is 1.47. The number of halogens is 1. The fraction of sp³-hybridized carbons (Fsp3) is 0.217. The lowest BCUT2D eigenvalue weighted by Gasteiger charge is -2.13. The Morgan fingerprint density at radius 2 is 1.88 bits per heavy atom. The Kier molecular flexibility index (Phi) is 7.49. The van der Waals surface area contributed by atoms with Gasteiger partial charge in [0.2, 0.25) is 0 Å². The van der Waals surface area contributed by atoms with Crippen molar-refractivity contribution in [3.05, 3.63) is 57.6 Å². The highest BCUT2D eigenvalue weighted by Crippen LogP contribution is 2.35. The normalized spacial score (nSPS) is 14.3. The number of carboxylic acid groups (broad SMARTS) is 1. The van der Waals surface area contributed by atoms with E-state index in [0.29, 0.717) is 38.5 Å². The van der Waals surface area contributed by atoms with Crippen LogP contribution in [0.3, 0.4) is 0 Å². The average Bonchev–Trinajstić information content (AvgIpc) is 3.07. The molecule has 0 aromatic heterocycles. The summed E-state index contributed by atoms with van der Waals surface area (Å²) in [6, 6.07) is 9.18. The summed E-state index contributed by atoms with van der Waals surface area (Å²) in [5.74, 6) is -1.20. The third-order valence-corrected chi connectivity index (χ3v) is 5.34. The molecular weight excluding hydrogens is 496 g/mol. The molecule has 0 atom stereocenters. The lowest BCUT2D eigenvalue weighted by molar-refractivity contribution is -0.145. The van der Waals surface area contributed by atoms with E-state index in [1.54, 1.807) is 32.1 Å². The Labute approximate surface area is 198 Å². The summed E-state index contributed by atoms with van der Waals surface area (Å²) in [6.07, 6.45) is 1.66. The predicted molar refractivity (Wildman–Crippen MR) is 125 cm³/mol. The van der Waals surface area contributed by atoms with Crippen LogP contribution in [-0.2, 0) is 14.3 Å². The van der Waals surface area contributed by atoms with Crippen molar-refractivity contribution in [2.24, 2.45) is 5.10 Å². The minimum absolute atomic E-state index is 0.114. The van der Waals surface area contributed by atoms with E-state index in [1.165, 1.54) is 36.4 Å². The number of carboxylic acids is 1. The van der Waals surface area contributed by atoms with E-state index < -0.39 is 11.9 Å². The molecule has 1 amide bonds. The van der Waals surface area contributed by atoms with Crippen molar-refractivity contribution in [2.45, 2.75) is 13.8 Å². The summed E-state index contributed by atoms with van der Waals surface area (Å²) >= 11 is 3.46. The van der Waals surface area contributed by atoms with Crippen LogP contribution in [0, 0.1) is 0 Å². The number of rotatable bonds is 8. The minimum Gasteiger partial charge on any atom is -0.493 e. The summed E-state index contributed by atoms with van der Waals surface area (Å²) in [5.41, 5.74) is 2.06. The number of anilines is 1. The molecule has 0 spiro atoms. The number of nitrogens with zero attached hydrogens (tertiary/aromatic N) is 2. The molecule has 1 aliphatic heterocycles. The SMILES string of the molecule is CCOC(=O)COc1cc(Br)c(C=C2C(=O)N(c3ccc(C(=O)O)cc3)N=C2C)cc1OC. The maximum atomic E-state index is 13.0. The Balaban J connectivity index is 1.86. The summed E-state index contributed by atoms with van der Waals surface area (Å²) in [5, 5.41) is 14.6. The summed E-state index contributed by atoms with van der Waals surface area (Å²) in [4.78, 5) is 35.6. The number of amides is 1. The van der Waals surface area contributed by atoms with Gasteiger partial charge in [0.05, 0.1) is 36.3 Å². The van der Waals surface area contributed by atoms with Crippen molar-refractivity contribution in [1.29, 1.82) is 0 Å². The van der Waals surface area contributed by atoms with Crippen LogP contribution < -0.4 is 14.5 Å². The van der Waals surface area contributed by atoms with Crippen molar-refractivity contribution in [2.75, 3.05) is 25.3 Å². The lowest BCUT2D eigenvalue weighted by atomic mass is 10.1. The third-order valence-electron chi connectivity index (χ3n) is 4.66. The quantitative estimate of drug-likeness (QED) is 0.417. The first-order valence-corrected chi connectivity index (χ1v) is 10.7. The van der Waals surface area contributed by atoms with Crippen LogP contribution in [0.4, 0.5) is 5.69 Å². The zero-order valence-corrected chi connectivity index (χ0v) is 19.7. The zero-order chi connectivity index (χ0) is 24.1. The molecule has 9 nitrogen and oxygen atoms in total. The molecule has 0 saturated carbocycles. The fourth-order valence-electron chi connectivity index (χ4n) is 3.03.